The Morgan fingerprint density at radius 3 is 2.26 bits per heavy atom. The summed E-state index contributed by atoms with van der Waals surface area (Å²) in [6.07, 6.45) is 4.81. The highest BCUT2D eigenvalue weighted by Gasteiger charge is 2.44. The van der Waals surface area contributed by atoms with Gasteiger partial charge in [-0.05, 0) is 84.9 Å². The van der Waals surface area contributed by atoms with Gasteiger partial charge in [-0.2, -0.15) is 0 Å². The van der Waals surface area contributed by atoms with Gasteiger partial charge < -0.3 is 14.2 Å². The van der Waals surface area contributed by atoms with Gasteiger partial charge in [-0.15, -0.1) is 10.2 Å². The highest BCUT2D eigenvalue weighted by atomic mass is 127. The van der Waals surface area contributed by atoms with E-state index >= 15 is 0 Å². The molecule has 7 nitrogen and oxygen atoms in total. The van der Waals surface area contributed by atoms with E-state index in [2.05, 4.69) is 59.8 Å². The number of halogens is 3. The Balaban J connectivity index is 1.28. The number of piperidine rings is 2. The first kappa shape index (κ1) is 23.1. The van der Waals surface area contributed by atoms with Crippen molar-refractivity contribution in [1.82, 2.24) is 20.2 Å². The van der Waals surface area contributed by atoms with E-state index in [0.29, 0.717) is 28.8 Å². The van der Waals surface area contributed by atoms with Crippen LogP contribution in [0.4, 0.5) is 20.4 Å². The summed E-state index contributed by atoms with van der Waals surface area (Å²) in [6, 6.07) is 8.06. The topological polar surface area (TPSA) is 71.2 Å². The normalized spacial score (nSPS) is 20.9. The maximum Gasteiger partial charge on any atom is 0.266 e. The molecule has 3 aliphatic rings. The average molecular weight is 592 g/mol. The zero-order valence-corrected chi connectivity index (χ0v) is 21.8. The first-order chi connectivity index (χ1) is 16.8. The number of aromatic nitrogens is 4. The molecule has 3 aromatic rings. The molecule has 1 saturated carbocycles. The fourth-order valence-corrected chi connectivity index (χ4v) is 5.59. The first-order valence-corrected chi connectivity index (χ1v) is 13.2. The van der Waals surface area contributed by atoms with Crippen molar-refractivity contribution < 1.29 is 13.2 Å². The standard InChI is InChI=1S/C25H27F2IN6O/c1-16-14-19(30-23(29-16)34-12-8-25(26,27)9-13-34)22-32-31-21(35-22)18-3-2-17(28)15-20(18)33-10-6-24(4-5-24)7-11-33/h2-3,14-15H,4-13H2,1H3. The third-order valence-corrected chi connectivity index (χ3v) is 8.25. The third kappa shape index (κ3) is 4.73. The van der Waals surface area contributed by atoms with E-state index in [1.807, 2.05) is 13.0 Å². The third-order valence-electron chi connectivity index (χ3n) is 7.58. The molecule has 3 fully saturated rings. The molecule has 1 spiro atoms. The Labute approximate surface area is 216 Å². The van der Waals surface area contributed by atoms with Gasteiger partial charge in [0.05, 0.1) is 11.3 Å². The Morgan fingerprint density at radius 1 is 0.857 bits per heavy atom. The van der Waals surface area contributed by atoms with E-state index < -0.39 is 5.92 Å². The number of benzene rings is 1. The SMILES string of the molecule is Cc1cc(-c2nnc(-c3ccc(I)cc3N3CCC4(CC3)CC4)o2)nc(N2CCC(F)(F)CC2)n1. The van der Waals surface area contributed by atoms with Crippen LogP contribution >= 0.6 is 22.6 Å². The Bertz CT molecular complexity index is 1240. The summed E-state index contributed by atoms with van der Waals surface area (Å²) in [4.78, 5) is 13.3. The van der Waals surface area contributed by atoms with Gasteiger partial charge in [0, 0.05) is 48.3 Å². The molecule has 35 heavy (non-hydrogen) atoms. The minimum Gasteiger partial charge on any atom is -0.415 e. The number of alkyl halides is 2. The molecule has 1 aliphatic carbocycles. The van der Waals surface area contributed by atoms with Crippen LogP contribution in [-0.2, 0) is 0 Å². The molecule has 0 bridgehead atoms. The number of anilines is 2. The lowest BCUT2D eigenvalue weighted by Crippen LogP contribution is -2.40. The molecule has 184 valence electrons. The first-order valence-electron chi connectivity index (χ1n) is 12.2. The Hall–Kier alpha value is -2.37. The van der Waals surface area contributed by atoms with Crippen LogP contribution in [0.25, 0.3) is 23.0 Å². The Kier molecular flexibility index (Phi) is 5.69. The summed E-state index contributed by atoms with van der Waals surface area (Å²) >= 11 is 2.34. The van der Waals surface area contributed by atoms with Crippen LogP contribution in [-0.4, -0.2) is 52.3 Å². The van der Waals surface area contributed by atoms with Crippen molar-refractivity contribution in [1.29, 1.82) is 0 Å². The van der Waals surface area contributed by atoms with Gasteiger partial charge in [0.25, 0.3) is 11.8 Å². The van der Waals surface area contributed by atoms with Gasteiger partial charge in [-0.3, -0.25) is 0 Å². The van der Waals surface area contributed by atoms with Crippen molar-refractivity contribution in [2.24, 2.45) is 5.41 Å². The lowest BCUT2D eigenvalue weighted by molar-refractivity contribution is -0.0222. The van der Waals surface area contributed by atoms with Gasteiger partial charge in [-0.25, -0.2) is 18.7 Å². The molecule has 2 aromatic heterocycles. The van der Waals surface area contributed by atoms with E-state index in [-0.39, 0.29) is 25.9 Å². The van der Waals surface area contributed by atoms with E-state index in [9.17, 15) is 8.78 Å². The van der Waals surface area contributed by atoms with Crippen LogP contribution in [0, 0.1) is 15.9 Å². The molecule has 2 aliphatic heterocycles. The van der Waals surface area contributed by atoms with Gasteiger partial charge in [0.2, 0.25) is 11.8 Å². The number of hydrogen-bond acceptors (Lipinski definition) is 7. The highest BCUT2D eigenvalue weighted by molar-refractivity contribution is 14.1. The van der Waals surface area contributed by atoms with Crippen LogP contribution in [0.15, 0.2) is 28.7 Å². The highest BCUT2D eigenvalue weighted by Crippen LogP contribution is 2.54. The summed E-state index contributed by atoms with van der Waals surface area (Å²) < 4.78 is 34.5. The predicted molar refractivity (Wildman–Crippen MR) is 138 cm³/mol. The fourth-order valence-electron chi connectivity index (χ4n) is 5.12. The summed E-state index contributed by atoms with van der Waals surface area (Å²) in [5.74, 6) is -1.45. The van der Waals surface area contributed by atoms with Crippen molar-refractivity contribution in [2.75, 3.05) is 36.0 Å². The average Bonchev–Trinajstić information content (AvgIpc) is 3.39. The second-order valence-corrected chi connectivity index (χ2v) is 11.3. The van der Waals surface area contributed by atoms with Crippen molar-refractivity contribution in [3.05, 3.63) is 33.5 Å². The molecular weight excluding hydrogens is 565 g/mol. The molecule has 0 N–H and O–H groups in total. The molecular formula is C25H27F2IN6O. The summed E-state index contributed by atoms with van der Waals surface area (Å²) in [5, 5.41) is 8.65. The van der Waals surface area contributed by atoms with Crippen LogP contribution in [0.3, 0.4) is 0 Å². The predicted octanol–water partition coefficient (Wildman–Crippen LogP) is 5.72. The van der Waals surface area contributed by atoms with Gasteiger partial charge in [-0.1, -0.05) is 0 Å². The Morgan fingerprint density at radius 2 is 1.54 bits per heavy atom. The monoisotopic (exact) mass is 592 g/mol. The van der Waals surface area contributed by atoms with Gasteiger partial charge >= 0.3 is 0 Å². The van der Waals surface area contributed by atoms with E-state index in [4.69, 9.17) is 4.42 Å². The molecule has 0 atom stereocenters. The van der Waals surface area contributed by atoms with Crippen molar-refractivity contribution >= 4 is 34.2 Å². The lowest BCUT2D eigenvalue weighted by Gasteiger charge is -2.34. The van der Waals surface area contributed by atoms with Gasteiger partial charge in [0.15, 0.2) is 0 Å². The van der Waals surface area contributed by atoms with Crippen molar-refractivity contribution in [2.45, 2.75) is 51.4 Å². The lowest BCUT2D eigenvalue weighted by atomic mass is 9.93. The van der Waals surface area contributed by atoms with Crippen molar-refractivity contribution in [3.63, 3.8) is 0 Å². The minimum atomic E-state index is -2.62. The van der Waals surface area contributed by atoms with Crippen LogP contribution in [0.2, 0.25) is 0 Å². The second kappa shape index (κ2) is 8.63. The molecule has 6 rings (SSSR count). The largest absolute Gasteiger partial charge is 0.415 e. The molecule has 10 heteroatoms. The maximum absolute atomic E-state index is 13.6. The second-order valence-electron chi connectivity index (χ2n) is 10.1. The maximum atomic E-state index is 13.6. The molecule has 2 saturated heterocycles. The summed E-state index contributed by atoms with van der Waals surface area (Å²) in [6.45, 7) is 4.36. The summed E-state index contributed by atoms with van der Waals surface area (Å²) in [7, 11) is 0. The zero-order valence-electron chi connectivity index (χ0n) is 19.6. The van der Waals surface area contributed by atoms with Crippen LogP contribution in [0.1, 0.15) is 44.2 Å². The van der Waals surface area contributed by atoms with Crippen molar-refractivity contribution in [3.8, 4) is 23.0 Å². The van der Waals surface area contributed by atoms with E-state index in [1.54, 1.807) is 11.0 Å². The zero-order chi connectivity index (χ0) is 24.2. The number of rotatable bonds is 4. The minimum absolute atomic E-state index is 0.197. The van der Waals surface area contributed by atoms with Crippen LogP contribution in [0.5, 0.6) is 0 Å². The molecule has 4 heterocycles. The molecule has 0 unspecified atom stereocenters. The van der Waals surface area contributed by atoms with E-state index in [1.165, 1.54) is 25.7 Å². The number of nitrogens with zero attached hydrogens (tertiary/aromatic N) is 6. The molecule has 0 radical (unpaired) electrons. The fraction of sp³-hybridized carbons (Fsp3) is 0.520. The number of aryl methyl sites for hydroxylation is 1. The smallest absolute Gasteiger partial charge is 0.266 e. The van der Waals surface area contributed by atoms with Gasteiger partial charge in [0.1, 0.15) is 5.69 Å². The summed E-state index contributed by atoms with van der Waals surface area (Å²) in [5.41, 5.74) is 3.86. The number of hydrogen-bond donors (Lipinski definition) is 0. The van der Waals surface area contributed by atoms with E-state index in [0.717, 1.165) is 33.6 Å². The molecule has 0 amide bonds. The molecule has 1 aromatic carbocycles. The van der Waals surface area contributed by atoms with Crippen LogP contribution < -0.4 is 9.80 Å². The quantitative estimate of drug-likeness (QED) is 0.359.